The van der Waals surface area contributed by atoms with E-state index in [9.17, 15) is 18.0 Å². The van der Waals surface area contributed by atoms with Crippen LogP contribution in [0.4, 0.5) is 18.9 Å². The normalized spacial score (nSPS) is 11.1. The lowest BCUT2D eigenvalue weighted by atomic mass is 10.1. The van der Waals surface area contributed by atoms with Crippen molar-refractivity contribution in [2.24, 2.45) is 0 Å². The average molecular weight is 474 g/mol. The molecule has 0 saturated heterocycles. The van der Waals surface area contributed by atoms with Gasteiger partial charge in [-0.3, -0.25) is 15.6 Å². The standard InChI is InChI=1S/C19H12Cl2F3N3O2S/c20-11-2-4-12(5-3-11)25-18(30)27-26-17(28)16-8-7-15(29-16)10-1-6-14(21)13(9-10)19(22,23)24/h1-9H,(H,26,28)(H2,25,27,30). The fourth-order valence-electron chi connectivity index (χ4n) is 2.38. The third-order valence-corrected chi connectivity index (χ3v) is 4.56. The van der Waals surface area contributed by atoms with Gasteiger partial charge in [0, 0.05) is 16.3 Å². The molecule has 0 atom stereocenters. The summed E-state index contributed by atoms with van der Waals surface area (Å²) in [5.41, 5.74) is 4.59. The Labute approximate surface area is 184 Å². The minimum absolute atomic E-state index is 0.0733. The van der Waals surface area contributed by atoms with Gasteiger partial charge in [0.15, 0.2) is 10.9 Å². The quantitative estimate of drug-likeness (QED) is 0.326. The number of thiocarbonyl (C=S) groups is 1. The van der Waals surface area contributed by atoms with E-state index in [1.807, 2.05) is 0 Å². The predicted octanol–water partition coefficient (Wildman–Crippen LogP) is 5.90. The molecule has 2 aromatic carbocycles. The van der Waals surface area contributed by atoms with Gasteiger partial charge in [0.2, 0.25) is 0 Å². The first-order chi connectivity index (χ1) is 14.1. The summed E-state index contributed by atoms with van der Waals surface area (Å²) in [5, 5.41) is 3.06. The van der Waals surface area contributed by atoms with E-state index in [-0.39, 0.29) is 22.2 Å². The number of furan rings is 1. The van der Waals surface area contributed by atoms with Crippen LogP contribution in [0, 0.1) is 0 Å². The summed E-state index contributed by atoms with van der Waals surface area (Å²) in [6.45, 7) is 0. The maximum absolute atomic E-state index is 13.0. The van der Waals surface area contributed by atoms with Gasteiger partial charge >= 0.3 is 12.1 Å². The molecule has 30 heavy (non-hydrogen) atoms. The third-order valence-electron chi connectivity index (χ3n) is 3.78. The first-order valence-corrected chi connectivity index (χ1v) is 9.40. The number of benzene rings is 2. The largest absolute Gasteiger partial charge is 0.451 e. The fraction of sp³-hybridized carbons (Fsp3) is 0.0526. The maximum Gasteiger partial charge on any atom is 0.417 e. The zero-order chi connectivity index (χ0) is 21.9. The predicted molar refractivity (Wildman–Crippen MR) is 112 cm³/mol. The van der Waals surface area contributed by atoms with Gasteiger partial charge in [-0.1, -0.05) is 23.2 Å². The number of rotatable bonds is 3. The van der Waals surface area contributed by atoms with Crippen molar-refractivity contribution in [3.63, 3.8) is 0 Å². The topological polar surface area (TPSA) is 66.3 Å². The van der Waals surface area contributed by atoms with Crippen LogP contribution >= 0.6 is 35.4 Å². The molecule has 3 rings (SSSR count). The molecule has 11 heteroatoms. The molecule has 0 spiro atoms. The van der Waals surface area contributed by atoms with Crippen molar-refractivity contribution < 1.29 is 22.4 Å². The molecule has 156 valence electrons. The summed E-state index contributed by atoms with van der Waals surface area (Å²) >= 11 is 16.5. The second-order valence-electron chi connectivity index (χ2n) is 5.90. The molecule has 1 aromatic heterocycles. The Balaban J connectivity index is 1.64. The van der Waals surface area contributed by atoms with Gasteiger partial charge in [0.05, 0.1) is 10.6 Å². The summed E-state index contributed by atoms with van der Waals surface area (Å²) in [7, 11) is 0. The molecular formula is C19H12Cl2F3N3O2S. The van der Waals surface area contributed by atoms with Crippen molar-refractivity contribution in [3.05, 3.63) is 76.0 Å². The molecular weight excluding hydrogens is 462 g/mol. The molecule has 0 unspecified atom stereocenters. The van der Waals surface area contributed by atoms with Crippen molar-refractivity contribution in [3.8, 4) is 11.3 Å². The molecule has 3 aromatic rings. The van der Waals surface area contributed by atoms with E-state index in [0.717, 1.165) is 12.1 Å². The van der Waals surface area contributed by atoms with Crippen LogP contribution in [0.15, 0.2) is 59.0 Å². The first kappa shape index (κ1) is 21.9. The molecule has 3 N–H and O–H groups in total. The van der Waals surface area contributed by atoms with E-state index in [4.69, 9.17) is 39.8 Å². The first-order valence-electron chi connectivity index (χ1n) is 8.23. The van der Waals surface area contributed by atoms with E-state index in [0.29, 0.717) is 10.7 Å². The Hall–Kier alpha value is -2.75. The minimum atomic E-state index is -4.61. The number of hydrogen-bond acceptors (Lipinski definition) is 3. The van der Waals surface area contributed by atoms with Crippen molar-refractivity contribution in [1.29, 1.82) is 0 Å². The zero-order valence-corrected chi connectivity index (χ0v) is 17.1. The molecule has 0 saturated carbocycles. The Morgan fingerprint density at radius 2 is 1.67 bits per heavy atom. The highest BCUT2D eigenvalue weighted by atomic mass is 35.5. The Morgan fingerprint density at radius 3 is 2.33 bits per heavy atom. The van der Waals surface area contributed by atoms with Crippen LogP contribution in [-0.4, -0.2) is 11.0 Å². The highest BCUT2D eigenvalue weighted by molar-refractivity contribution is 7.80. The Kier molecular flexibility index (Phi) is 6.55. The number of hydrazine groups is 1. The van der Waals surface area contributed by atoms with E-state index < -0.39 is 22.7 Å². The Morgan fingerprint density at radius 1 is 0.967 bits per heavy atom. The number of anilines is 1. The molecule has 1 amide bonds. The summed E-state index contributed by atoms with van der Waals surface area (Å²) < 4.78 is 44.4. The lowest BCUT2D eigenvalue weighted by Gasteiger charge is -2.11. The Bertz CT molecular complexity index is 1090. The van der Waals surface area contributed by atoms with E-state index in [2.05, 4.69) is 16.2 Å². The second kappa shape index (κ2) is 8.95. The highest BCUT2D eigenvalue weighted by Gasteiger charge is 2.33. The second-order valence-corrected chi connectivity index (χ2v) is 7.15. The maximum atomic E-state index is 13.0. The van der Waals surface area contributed by atoms with Crippen LogP contribution in [0.2, 0.25) is 10.0 Å². The summed E-state index contributed by atoms with van der Waals surface area (Å²) in [5.74, 6) is -0.731. The number of carbonyl (C=O) groups excluding carboxylic acids is 1. The van der Waals surface area contributed by atoms with Gasteiger partial charge in [0.1, 0.15) is 5.76 Å². The zero-order valence-electron chi connectivity index (χ0n) is 14.8. The van der Waals surface area contributed by atoms with Gasteiger partial charge in [-0.2, -0.15) is 13.2 Å². The van der Waals surface area contributed by atoms with Gasteiger partial charge in [-0.25, -0.2) is 0 Å². The number of amides is 1. The third kappa shape index (κ3) is 5.44. The molecule has 0 radical (unpaired) electrons. The molecule has 0 aliphatic rings. The molecule has 0 aliphatic carbocycles. The smallest absolute Gasteiger partial charge is 0.417 e. The lowest BCUT2D eigenvalue weighted by molar-refractivity contribution is -0.137. The summed E-state index contributed by atoms with van der Waals surface area (Å²) in [4.78, 5) is 12.2. The van der Waals surface area contributed by atoms with Crippen LogP contribution in [0.1, 0.15) is 16.1 Å². The number of hydrogen-bond donors (Lipinski definition) is 3. The molecule has 1 heterocycles. The van der Waals surface area contributed by atoms with E-state index >= 15 is 0 Å². The minimum Gasteiger partial charge on any atom is -0.451 e. The monoisotopic (exact) mass is 473 g/mol. The number of alkyl halides is 3. The van der Waals surface area contributed by atoms with Crippen LogP contribution in [-0.2, 0) is 6.18 Å². The lowest BCUT2D eigenvalue weighted by Crippen LogP contribution is -2.43. The van der Waals surface area contributed by atoms with Gasteiger partial charge in [-0.15, -0.1) is 0 Å². The van der Waals surface area contributed by atoms with E-state index in [1.165, 1.54) is 18.2 Å². The van der Waals surface area contributed by atoms with Crippen molar-refractivity contribution in [1.82, 2.24) is 10.9 Å². The summed E-state index contributed by atoms with van der Waals surface area (Å²) in [6, 6.07) is 12.7. The van der Waals surface area contributed by atoms with Crippen LogP contribution in [0.5, 0.6) is 0 Å². The van der Waals surface area contributed by atoms with Crippen molar-refractivity contribution in [2.45, 2.75) is 6.18 Å². The van der Waals surface area contributed by atoms with Crippen molar-refractivity contribution >= 4 is 52.1 Å². The number of carbonyl (C=O) groups is 1. The summed E-state index contributed by atoms with van der Waals surface area (Å²) in [6.07, 6.45) is -4.61. The number of halogens is 5. The van der Waals surface area contributed by atoms with Crippen molar-refractivity contribution in [2.75, 3.05) is 5.32 Å². The van der Waals surface area contributed by atoms with Crippen LogP contribution in [0.25, 0.3) is 11.3 Å². The molecule has 0 bridgehead atoms. The molecule has 0 fully saturated rings. The van der Waals surface area contributed by atoms with Gasteiger partial charge < -0.3 is 9.73 Å². The fourth-order valence-corrected chi connectivity index (χ4v) is 2.90. The molecule has 0 aliphatic heterocycles. The van der Waals surface area contributed by atoms with Gasteiger partial charge in [-0.05, 0) is 66.8 Å². The molecule has 5 nitrogen and oxygen atoms in total. The van der Waals surface area contributed by atoms with Gasteiger partial charge in [0.25, 0.3) is 0 Å². The van der Waals surface area contributed by atoms with E-state index in [1.54, 1.807) is 24.3 Å². The SMILES string of the molecule is O=C(NNC(=S)Nc1ccc(Cl)cc1)c1ccc(-c2ccc(Cl)c(C(F)(F)F)c2)o1. The van der Waals surface area contributed by atoms with Crippen LogP contribution < -0.4 is 16.2 Å². The van der Waals surface area contributed by atoms with Crippen LogP contribution in [0.3, 0.4) is 0 Å². The number of nitrogens with one attached hydrogen (secondary N) is 3. The highest BCUT2D eigenvalue weighted by Crippen LogP contribution is 2.37. The average Bonchev–Trinajstić information content (AvgIpc) is 3.18.